The van der Waals surface area contributed by atoms with E-state index in [4.69, 9.17) is 12.2 Å². The van der Waals surface area contributed by atoms with E-state index >= 15 is 0 Å². The standard InChI is InChI=1S/C12H11FN2OS/c1-6-2-5-8(13)9-10(6)14-12(17)15(11(9)16)7-3-4-7/h2,5,7H,3-4H2,1H3,(H,14,17). The van der Waals surface area contributed by atoms with Crippen LogP contribution in [0, 0.1) is 17.5 Å². The number of nitrogens with one attached hydrogen (secondary N) is 1. The largest absolute Gasteiger partial charge is 0.331 e. The van der Waals surface area contributed by atoms with Crippen LogP contribution in [0.1, 0.15) is 24.4 Å². The molecule has 0 radical (unpaired) electrons. The molecule has 1 aromatic carbocycles. The second-order valence-electron chi connectivity index (χ2n) is 4.45. The number of rotatable bonds is 1. The molecule has 1 fully saturated rings. The van der Waals surface area contributed by atoms with Gasteiger partial charge in [0.2, 0.25) is 0 Å². The van der Waals surface area contributed by atoms with Crippen LogP contribution in [-0.2, 0) is 0 Å². The van der Waals surface area contributed by atoms with Crippen LogP contribution in [0.3, 0.4) is 0 Å². The summed E-state index contributed by atoms with van der Waals surface area (Å²) in [6.45, 7) is 1.83. The molecule has 0 aliphatic heterocycles. The Hall–Kier alpha value is -1.49. The molecule has 1 aliphatic rings. The number of nitrogens with zero attached hydrogens (tertiary/aromatic N) is 1. The highest BCUT2D eigenvalue weighted by Gasteiger charge is 2.27. The van der Waals surface area contributed by atoms with E-state index in [1.807, 2.05) is 6.92 Å². The molecule has 0 unspecified atom stereocenters. The predicted molar refractivity (Wildman–Crippen MR) is 66.4 cm³/mol. The van der Waals surface area contributed by atoms with Crippen molar-refractivity contribution in [2.24, 2.45) is 0 Å². The van der Waals surface area contributed by atoms with Gasteiger partial charge >= 0.3 is 0 Å². The van der Waals surface area contributed by atoms with Crippen LogP contribution in [0.5, 0.6) is 0 Å². The minimum absolute atomic E-state index is 0.116. The molecule has 0 amide bonds. The summed E-state index contributed by atoms with van der Waals surface area (Å²) in [6.07, 6.45) is 1.88. The topological polar surface area (TPSA) is 37.8 Å². The first-order valence-corrected chi connectivity index (χ1v) is 5.94. The lowest BCUT2D eigenvalue weighted by Crippen LogP contribution is -2.22. The molecular formula is C12H11FN2OS. The van der Waals surface area contributed by atoms with E-state index in [1.165, 1.54) is 10.6 Å². The molecule has 0 saturated heterocycles. The highest BCUT2D eigenvalue weighted by Crippen LogP contribution is 2.34. The van der Waals surface area contributed by atoms with E-state index in [2.05, 4.69) is 4.98 Å². The third-order valence-corrected chi connectivity index (χ3v) is 3.46. The van der Waals surface area contributed by atoms with Crippen molar-refractivity contribution in [2.45, 2.75) is 25.8 Å². The summed E-state index contributed by atoms with van der Waals surface area (Å²) in [5.41, 5.74) is 1.02. The van der Waals surface area contributed by atoms with Gasteiger partial charge in [0, 0.05) is 6.04 Å². The highest BCUT2D eigenvalue weighted by atomic mass is 32.1. The number of aryl methyl sites for hydroxylation is 1. The van der Waals surface area contributed by atoms with Gasteiger partial charge in [0.15, 0.2) is 4.77 Å². The molecule has 0 atom stereocenters. The molecule has 88 valence electrons. The number of aromatic amines is 1. The minimum Gasteiger partial charge on any atom is -0.331 e. The predicted octanol–water partition coefficient (Wildman–Crippen LogP) is 2.84. The first-order valence-electron chi connectivity index (χ1n) is 5.53. The minimum atomic E-state index is -0.490. The Balaban J connectivity index is 2.53. The van der Waals surface area contributed by atoms with Crippen molar-refractivity contribution in [3.63, 3.8) is 0 Å². The van der Waals surface area contributed by atoms with Gasteiger partial charge < -0.3 is 4.98 Å². The fraction of sp³-hybridized carbons (Fsp3) is 0.333. The third kappa shape index (κ3) is 1.53. The number of benzene rings is 1. The fourth-order valence-corrected chi connectivity index (χ4v) is 2.43. The van der Waals surface area contributed by atoms with Gasteiger partial charge in [0.1, 0.15) is 5.82 Å². The maximum absolute atomic E-state index is 13.8. The van der Waals surface area contributed by atoms with Crippen LogP contribution >= 0.6 is 12.2 Å². The van der Waals surface area contributed by atoms with E-state index in [9.17, 15) is 9.18 Å². The average Bonchev–Trinajstić information content (AvgIpc) is 3.07. The molecule has 5 heteroatoms. The maximum atomic E-state index is 13.8. The van der Waals surface area contributed by atoms with Crippen molar-refractivity contribution in [1.82, 2.24) is 9.55 Å². The first-order chi connectivity index (χ1) is 8.09. The second kappa shape index (κ2) is 3.50. The monoisotopic (exact) mass is 250 g/mol. The Bertz CT molecular complexity index is 728. The molecule has 0 spiro atoms. The number of hydrogen-bond acceptors (Lipinski definition) is 2. The Labute approximate surface area is 102 Å². The van der Waals surface area contributed by atoms with Crippen LogP contribution < -0.4 is 5.56 Å². The van der Waals surface area contributed by atoms with Crippen LogP contribution in [0.2, 0.25) is 0 Å². The van der Waals surface area contributed by atoms with Crippen molar-refractivity contribution >= 4 is 23.1 Å². The molecule has 1 aromatic heterocycles. The number of fused-ring (bicyclic) bond motifs is 1. The molecule has 17 heavy (non-hydrogen) atoms. The van der Waals surface area contributed by atoms with Gasteiger partial charge in [-0.1, -0.05) is 6.07 Å². The Kier molecular flexibility index (Phi) is 2.19. The van der Waals surface area contributed by atoms with Gasteiger partial charge in [-0.25, -0.2) is 4.39 Å². The van der Waals surface area contributed by atoms with Gasteiger partial charge in [-0.15, -0.1) is 0 Å². The fourth-order valence-electron chi connectivity index (χ4n) is 2.10. The number of halogens is 1. The van der Waals surface area contributed by atoms with E-state index < -0.39 is 5.82 Å². The number of hydrogen-bond donors (Lipinski definition) is 1. The zero-order valence-corrected chi connectivity index (χ0v) is 10.1. The van der Waals surface area contributed by atoms with E-state index in [0.717, 1.165) is 18.4 Å². The first kappa shape index (κ1) is 10.7. The SMILES string of the molecule is Cc1ccc(F)c2c(=O)n(C3CC3)c(=S)[nH]c12. The van der Waals surface area contributed by atoms with Crippen molar-refractivity contribution in [3.8, 4) is 0 Å². The molecule has 0 bridgehead atoms. The van der Waals surface area contributed by atoms with Gasteiger partial charge in [-0.2, -0.15) is 0 Å². The van der Waals surface area contributed by atoms with Crippen molar-refractivity contribution in [3.05, 3.63) is 38.6 Å². The van der Waals surface area contributed by atoms with Gasteiger partial charge in [-0.3, -0.25) is 9.36 Å². The molecule has 1 aliphatic carbocycles. The van der Waals surface area contributed by atoms with Gasteiger partial charge in [-0.05, 0) is 43.6 Å². The zero-order chi connectivity index (χ0) is 12.2. The summed E-state index contributed by atoms with van der Waals surface area (Å²) in [5, 5.41) is 0.116. The third-order valence-electron chi connectivity index (χ3n) is 3.16. The number of H-pyrrole nitrogens is 1. The highest BCUT2D eigenvalue weighted by molar-refractivity contribution is 7.71. The maximum Gasteiger partial charge on any atom is 0.265 e. The summed E-state index contributed by atoms with van der Waals surface area (Å²) < 4.78 is 15.6. The van der Waals surface area contributed by atoms with Gasteiger partial charge in [0.05, 0.1) is 10.9 Å². The van der Waals surface area contributed by atoms with Crippen LogP contribution in [0.4, 0.5) is 4.39 Å². The van der Waals surface area contributed by atoms with Crippen molar-refractivity contribution in [2.75, 3.05) is 0 Å². The summed E-state index contributed by atoms with van der Waals surface area (Å²) >= 11 is 5.17. The Morgan fingerprint density at radius 1 is 1.47 bits per heavy atom. The van der Waals surface area contributed by atoms with E-state index in [-0.39, 0.29) is 17.0 Å². The molecular weight excluding hydrogens is 239 g/mol. The van der Waals surface area contributed by atoms with E-state index in [1.54, 1.807) is 6.07 Å². The van der Waals surface area contributed by atoms with Crippen LogP contribution in [0.15, 0.2) is 16.9 Å². The zero-order valence-electron chi connectivity index (χ0n) is 9.29. The van der Waals surface area contributed by atoms with Crippen LogP contribution in [-0.4, -0.2) is 9.55 Å². The van der Waals surface area contributed by atoms with Crippen LogP contribution in [0.25, 0.3) is 10.9 Å². The smallest absolute Gasteiger partial charge is 0.265 e. The van der Waals surface area contributed by atoms with E-state index in [0.29, 0.717) is 10.3 Å². The van der Waals surface area contributed by atoms with Gasteiger partial charge in [0.25, 0.3) is 5.56 Å². The Morgan fingerprint density at radius 2 is 2.18 bits per heavy atom. The lowest BCUT2D eigenvalue weighted by Gasteiger charge is -2.08. The van der Waals surface area contributed by atoms with Crippen molar-refractivity contribution < 1.29 is 4.39 Å². The lowest BCUT2D eigenvalue weighted by molar-refractivity contribution is 0.629. The average molecular weight is 250 g/mol. The normalized spacial score (nSPS) is 15.4. The molecule has 1 heterocycles. The molecule has 1 N–H and O–H groups in total. The lowest BCUT2D eigenvalue weighted by atomic mass is 10.1. The Morgan fingerprint density at radius 3 is 2.82 bits per heavy atom. The summed E-state index contributed by atoms with van der Waals surface area (Å²) in [4.78, 5) is 15.2. The molecule has 2 aromatic rings. The van der Waals surface area contributed by atoms with Crippen molar-refractivity contribution in [1.29, 1.82) is 0 Å². The molecule has 3 rings (SSSR count). The summed E-state index contributed by atoms with van der Waals surface area (Å²) in [7, 11) is 0. The molecule has 1 saturated carbocycles. The number of aromatic nitrogens is 2. The second-order valence-corrected chi connectivity index (χ2v) is 4.84. The summed E-state index contributed by atoms with van der Waals surface area (Å²) in [6, 6.07) is 3.12. The summed E-state index contributed by atoms with van der Waals surface area (Å²) in [5.74, 6) is -0.490. The quantitative estimate of drug-likeness (QED) is 0.790. The molecule has 3 nitrogen and oxygen atoms in total.